The maximum absolute atomic E-state index is 12.9. The highest BCUT2D eigenvalue weighted by molar-refractivity contribution is 7.47. The number of phosphoric ester groups is 1. The first-order chi connectivity index (χ1) is 34.2. The van der Waals surface area contributed by atoms with Gasteiger partial charge in [0.25, 0.3) is 0 Å². The van der Waals surface area contributed by atoms with Crippen molar-refractivity contribution < 1.29 is 52.2 Å². The van der Waals surface area contributed by atoms with Gasteiger partial charge in [-0.05, 0) is 103 Å². The number of carbonyl (C=O) groups excluding carboxylic acids is 3. The number of ether oxygens (including phenoxy) is 3. The normalized spacial score (nSPS) is 13.8. The van der Waals surface area contributed by atoms with E-state index in [1.54, 1.807) is 0 Å². The van der Waals surface area contributed by atoms with Crippen LogP contribution in [0.2, 0.25) is 0 Å². The highest BCUT2D eigenvalue weighted by atomic mass is 31.2. The molecule has 0 rings (SSSR count). The summed E-state index contributed by atoms with van der Waals surface area (Å²) in [5.41, 5.74) is 0. The predicted octanol–water partition coefficient (Wildman–Crippen LogP) is 16.4. The number of unbranched alkanes of at least 4 members (excludes halogenated alkanes) is 25. The molecule has 3 atom stereocenters. The van der Waals surface area contributed by atoms with Crippen molar-refractivity contribution in [2.45, 2.75) is 264 Å². The van der Waals surface area contributed by atoms with Gasteiger partial charge in [-0.2, -0.15) is 0 Å². The van der Waals surface area contributed by atoms with Crippen molar-refractivity contribution in [1.82, 2.24) is 0 Å². The van der Waals surface area contributed by atoms with Crippen LogP contribution in [-0.4, -0.2) is 66.5 Å². The van der Waals surface area contributed by atoms with Crippen LogP contribution in [0.25, 0.3) is 0 Å². The van der Waals surface area contributed by atoms with Crippen molar-refractivity contribution in [2.75, 3.05) is 26.4 Å². The van der Waals surface area contributed by atoms with Gasteiger partial charge >= 0.3 is 25.7 Å². The third-order valence-electron chi connectivity index (χ3n) is 11.9. The number of phosphoric acid groups is 1. The minimum absolute atomic E-state index is 0.154. The molecule has 0 aliphatic rings. The molecule has 3 unspecified atom stereocenters. The van der Waals surface area contributed by atoms with Gasteiger partial charge in [-0.25, -0.2) is 4.57 Å². The lowest BCUT2D eigenvalue weighted by Crippen LogP contribution is -2.30. The monoisotopic (exact) mass is 1010 g/mol. The third kappa shape index (κ3) is 50.1. The summed E-state index contributed by atoms with van der Waals surface area (Å²) < 4.78 is 39.4. The second-order valence-corrected chi connectivity index (χ2v) is 20.2. The lowest BCUT2D eigenvalue weighted by atomic mass is 10.1. The standard InChI is InChI=1S/C58H103O11P/c1-4-7-10-13-16-19-22-25-26-27-28-31-32-35-38-41-44-47-56(60)65-51-55(69-58(62)49-46-43-40-37-34-30-24-21-18-15-12-9-6-3)53-67-70(63,64)66-52-54(50-59)68-57(61)48-45-42-39-36-33-29-23-20-17-14-11-8-5-2/h7,10,16,19-21,23-26,54-55,59H,4-6,8-9,11-15,17-18,22,27-53H2,1-3H3,(H,63,64)/b10-7-,19-16-,23-20-,24-21-,26-25-. The summed E-state index contributed by atoms with van der Waals surface area (Å²) in [5, 5.41) is 9.79. The van der Waals surface area contributed by atoms with E-state index in [0.29, 0.717) is 19.3 Å². The van der Waals surface area contributed by atoms with E-state index in [1.807, 2.05) is 0 Å². The molecule has 70 heavy (non-hydrogen) atoms. The maximum atomic E-state index is 12.9. The summed E-state index contributed by atoms with van der Waals surface area (Å²) in [6.07, 6.45) is 56.0. The summed E-state index contributed by atoms with van der Waals surface area (Å²) in [6, 6.07) is 0. The zero-order valence-electron chi connectivity index (χ0n) is 44.7. The Kier molecular flexibility index (Phi) is 50.4. The summed E-state index contributed by atoms with van der Waals surface area (Å²) >= 11 is 0. The topological polar surface area (TPSA) is 155 Å². The van der Waals surface area contributed by atoms with Crippen LogP contribution in [0.15, 0.2) is 60.8 Å². The zero-order valence-corrected chi connectivity index (χ0v) is 45.6. The Morgan fingerprint density at radius 1 is 0.414 bits per heavy atom. The van der Waals surface area contributed by atoms with Gasteiger partial charge in [-0.3, -0.25) is 23.4 Å². The molecular formula is C58H103O11P. The first-order valence-electron chi connectivity index (χ1n) is 28.2. The summed E-state index contributed by atoms with van der Waals surface area (Å²) in [7, 11) is -4.75. The summed E-state index contributed by atoms with van der Waals surface area (Å²) in [6.45, 7) is 4.48. The molecule has 0 fully saturated rings. The quantitative estimate of drug-likeness (QED) is 0.0197. The van der Waals surface area contributed by atoms with Gasteiger partial charge in [0.2, 0.25) is 0 Å². The Bertz CT molecular complexity index is 1410. The molecule has 2 N–H and O–H groups in total. The van der Waals surface area contributed by atoms with Gasteiger partial charge in [0.15, 0.2) is 6.10 Å². The van der Waals surface area contributed by atoms with E-state index < -0.39 is 57.8 Å². The number of hydrogen-bond acceptors (Lipinski definition) is 10. The molecule has 0 aliphatic carbocycles. The Hall–Kier alpha value is -2.82. The van der Waals surface area contributed by atoms with Crippen LogP contribution in [0.3, 0.4) is 0 Å². The molecule has 0 spiro atoms. The Morgan fingerprint density at radius 2 is 0.743 bits per heavy atom. The molecular weight excluding hydrogens is 904 g/mol. The molecule has 0 saturated carbocycles. The SMILES string of the molecule is CC/C=C\C/C=C\C/C=C\CCCCCCCCCC(=O)OCC(COP(=O)(O)OCC(CO)OC(=O)CCCCCCC/C=C\CCCCCC)OC(=O)CCCCCCC/C=C\CCCCCC. The minimum Gasteiger partial charge on any atom is -0.462 e. The van der Waals surface area contributed by atoms with Gasteiger partial charge in [0.1, 0.15) is 12.7 Å². The zero-order chi connectivity index (χ0) is 51.3. The van der Waals surface area contributed by atoms with Gasteiger partial charge < -0.3 is 24.2 Å². The molecule has 0 aromatic rings. The van der Waals surface area contributed by atoms with Gasteiger partial charge in [-0.15, -0.1) is 0 Å². The van der Waals surface area contributed by atoms with Crippen molar-refractivity contribution in [3.05, 3.63) is 60.8 Å². The number of hydrogen-bond donors (Lipinski definition) is 2. The van der Waals surface area contributed by atoms with E-state index >= 15 is 0 Å². The van der Waals surface area contributed by atoms with Gasteiger partial charge in [0.05, 0.1) is 19.8 Å². The number of aliphatic hydroxyl groups excluding tert-OH is 1. The van der Waals surface area contributed by atoms with Crippen LogP contribution in [0.4, 0.5) is 0 Å². The smallest absolute Gasteiger partial charge is 0.462 e. The first kappa shape index (κ1) is 67.2. The van der Waals surface area contributed by atoms with E-state index in [2.05, 4.69) is 81.5 Å². The van der Waals surface area contributed by atoms with Crippen LogP contribution in [0.5, 0.6) is 0 Å². The molecule has 11 nitrogen and oxygen atoms in total. The fourth-order valence-electron chi connectivity index (χ4n) is 7.59. The van der Waals surface area contributed by atoms with Crippen LogP contribution < -0.4 is 0 Å². The van der Waals surface area contributed by atoms with E-state index in [-0.39, 0.29) is 25.9 Å². The Morgan fingerprint density at radius 3 is 1.16 bits per heavy atom. The molecule has 0 aromatic heterocycles. The van der Waals surface area contributed by atoms with E-state index in [1.165, 1.54) is 64.2 Å². The van der Waals surface area contributed by atoms with E-state index in [4.69, 9.17) is 23.3 Å². The molecule has 0 aromatic carbocycles. The molecule has 0 heterocycles. The number of allylic oxidation sites excluding steroid dienone is 10. The molecule has 0 amide bonds. The fraction of sp³-hybridized carbons (Fsp3) is 0.776. The number of carbonyl (C=O) groups is 3. The number of esters is 3. The summed E-state index contributed by atoms with van der Waals surface area (Å²) in [4.78, 5) is 48.4. The molecule has 0 bridgehead atoms. The van der Waals surface area contributed by atoms with Crippen LogP contribution in [0, 0.1) is 0 Å². The largest absolute Gasteiger partial charge is 0.472 e. The minimum atomic E-state index is -4.75. The second-order valence-electron chi connectivity index (χ2n) is 18.7. The maximum Gasteiger partial charge on any atom is 0.472 e. The highest BCUT2D eigenvalue weighted by Crippen LogP contribution is 2.43. The third-order valence-corrected chi connectivity index (χ3v) is 12.8. The highest BCUT2D eigenvalue weighted by Gasteiger charge is 2.28. The van der Waals surface area contributed by atoms with Crippen molar-refractivity contribution in [3.8, 4) is 0 Å². The Balaban J connectivity index is 4.73. The van der Waals surface area contributed by atoms with E-state index in [9.17, 15) is 28.9 Å². The molecule has 406 valence electrons. The predicted molar refractivity (Wildman–Crippen MR) is 288 cm³/mol. The van der Waals surface area contributed by atoms with Gasteiger partial charge in [-0.1, -0.05) is 191 Å². The van der Waals surface area contributed by atoms with Gasteiger partial charge in [0, 0.05) is 19.3 Å². The van der Waals surface area contributed by atoms with Crippen molar-refractivity contribution in [3.63, 3.8) is 0 Å². The van der Waals surface area contributed by atoms with E-state index in [0.717, 1.165) is 128 Å². The van der Waals surface area contributed by atoms with Crippen LogP contribution in [-0.2, 0) is 42.2 Å². The lowest BCUT2D eigenvalue weighted by molar-refractivity contribution is -0.161. The molecule has 0 radical (unpaired) electrons. The average Bonchev–Trinajstić information content (AvgIpc) is 3.35. The first-order valence-corrected chi connectivity index (χ1v) is 29.7. The average molecular weight is 1010 g/mol. The van der Waals surface area contributed by atoms with Crippen molar-refractivity contribution >= 4 is 25.7 Å². The number of rotatable bonds is 52. The summed E-state index contributed by atoms with van der Waals surface area (Å²) in [5.74, 6) is -1.49. The molecule has 12 heteroatoms. The van der Waals surface area contributed by atoms with Crippen molar-refractivity contribution in [2.24, 2.45) is 0 Å². The van der Waals surface area contributed by atoms with Crippen LogP contribution in [0.1, 0.15) is 252 Å². The lowest BCUT2D eigenvalue weighted by Gasteiger charge is -2.21. The van der Waals surface area contributed by atoms with Crippen molar-refractivity contribution in [1.29, 1.82) is 0 Å². The Labute approximate surface area is 427 Å². The van der Waals surface area contributed by atoms with Crippen LogP contribution >= 0.6 is 7.82 Å². The molecule has 0 saturated heterocycles. The molecule has 0 aliphatic heterocycles. The second kappa shape index (κ2) is 52.5. The fourth-order valence-corrected chi connectivity index (χ4v) is 8.38. The number of aliphatic hydroxyl groups is 1.